The first kappa shape index (κ1) is 12.2. The zero-order valence-electron chi connectivity index (χ0n) is 11.2. The minimum Gasteiger partial charge on any atom is -0.157 e. The van der Waals surface area contributed by atoms with E-state index in [-0.39, 0.29) is 0 Å². The third kappa shape index (κ3) is 2.12. The van der Waals surface area contributed by atoms with E-state index in [4.69, 9.17) is 0 Å². The summed E-state index contributed by atoms with van der Waals surface area (Å²) in [6.07, 6.45) is 1.81. The lowest BCUT2D eigenvalue weighted by molar-refractivity contribution is 1.25. The van der Waals surface area contributed by atoms with Crippen LogP contribution < -0.4 is 0 Å². The second kappa shape index (κ2) is 5.11. The standard InChI is InChI=1S/C18H12N2S/c1-3-9-16-14(7-1)15-8-2-4-10-17(15)18(16)20-19-12-13-6-5-11-21-13/h1-12H. The highest BCUT2D eigenvalue weighted by atomic mass is 32.1. The van der Waals surface area contributed by atoms with Crippen molar-refractivity contribution in [2.45, 2.75) is 0 Å². The second-order valence-corrected chi connectivity index (χ2v) is 5.78. The van der Waals surface area contributed by atoms with E-state index in [0.717, 1.165) is 21.7 Å². The van der Waals surface area contributed by atoms with Crippen molar-refractivity contribution in [3.8, 4) is 11.1 Å². The molecule has 1 aromatic heterocycles. The Morgan fingerprint density at radius 3 is 1.90 bits per heavy atom. The Labute approximate surface area is 127 Å². The van der Waals surface area contributed by atoms with Gasteiger partial charge in [-0.15, -0.1) is 16.4 Å². The van der Waals surface area contributed by atoms with E-state index in [1.54, 1.807) is 17.6 Å². The average molecular weight is 288 g/mol. The van der Waals surface area contributed by atoms with Gasteiger partial charge in [0.2, 0.25) is 0 Å². The van der Waals surface area contributed by atoms with Crippen LogP contribution in [-0.4, -0.2) is 11.9 Å². The van der Waals surface area contributed by atoms with Gasteiger partial charge in [0.25, 0.3) is 0 Å². The number of hydrogen-bond acceptors (Lipinski definition) is 3. The van der Waals surface area contributed by atoms with Crippen LogP contribution in [0.1, 0.15) is 16.0 Å². The van der Waals surface area contributed by atoms with E-state index in [0.29, 0.717) is 0 Å². The van der Waals surface area contributed by atoms with Gasteiger partial charge in [0.05, 0.1) is 6.21 Å². The second-order valence-electron chi connectivity index (χ2n) is 4.80. The molecule has 0 unspecified atom stereocenters. The summed E-state index contributed by atoms with van der Waals surface area (Å²) in [5, 5.41) is 10.8. The fourth-order valence-electron chi connectivity index (χ4n) is 2.61. The summed E-state index contributed by atoms with van der Waals surface area (Å²) in [6.45, 7) is 0. The lowest BCUT2D eigenvalue weighted by atomic mass is 10.1. The van der Waals surface area contributed by atoms with E-state index in [2.05, 4.69) is 46.6 Å². The van der Waals surface area contributed by atoms with Crippen molar-refractivity contribution in [3.05, 3.63) is 82.0 Å². The Morgan fingerprint density at radius 1 is 0.714 bits per heavy atom. The third-order valence-electron chi connectivity index (χ3n) is 3.54. The number of fused-ring (bicyclic) bond motifs is 3. The summed E-state index contributed by atoms with van der Waals surface area (Å²) in [5.41, 5.74) is 5.73. The van der Waals surface area contributed by atoms with Crippen molar-refractivity contribution in [2.24, 2.45) is 10.2 Å². The van der Waals surface area contributed by atoms with Gasteiger partial charge >= 0.3 is 0 Å². The maximum atomic E-state index is 4.47. The monoisotopic (exact) mass is 288 g/mol. The SMILES string of the molecule is C(=NN=C1c2ccccc2-c2ccccc21)c1cccs1. The summed E-state index contributed by atoms with van der Waals surface area (Å²) >= 11 is 1.66. The number of hydrogen-bond donors (Lipinski definition) is 0. The molecule has 4 rings (SSSR count). The van der Waals surface area contributed by atoms with E-state index >= 15 is 0 Å². The lowest BCUT2D eigenvalue weighted by Gasteiger charge is -1.97. The Morgan fingerprint density at radius 2 is 1.33 bits per heavy atom. The van der Waals surface area contributed by atoms with Gasteiger partial charge in [-0.2, -0.15) is 5.10 Å². The summed E-state index contributed by atoms with van der Waals surface area (Å²) in [6, 6.07) is 20.8. The maximum absolute atomic E-state index is 4.47. The molecule has 0 saturated heterocycles. The highest BCUT2D eigenvalue weighted by molar-refractivity contribution is 7.11. The van der Waals surface area contributed by atoms with Crippen LogP contribution in [0.4, 0.5) is 0 Å². The van der Waals surface area contributed by atoms with E-state index in [9.17, 15) is 0 Å². The van der Waals surface area contributed by atoms with Crippen molar-refractivity contribution in [2.75, 3.05) is 0 Å². The molecular formula is C18H12N2S. The van der Waals surface area contributed by atoms with E-state index in [1.165, 1.54) is 11.1 Å². The van der Waals surface area contributed by atoms with Crippen LogP contribution in [0.2, 0.25) is 0 Å². The minimum absolute atomic E-state index is 0.953. The smallest absolute Gasteiger partial charge is 0.101 e. The van der Waals surface area contributed by atoms with Crippen LogP contribution in [0.15, 0.2) is 76.2 Å². The molecule has 100 valence electrons. The maximum Gasteiger partial charge on any atom is 0.101 e. The molecule has 0 aliphatic heterocycles. The topological polar surface area (TPSA) is 24.7 Å². The van der Waals surface area contributed by atoms with Gasteiger partial charge in [0, 0.05) is 16.0 Å². The van der Waals surface area contributed by atoms with Gasteiger partial charge < -0.3 is 0 Å². The Balaban J connectivity index is 1.81. The molecule has 0 radical (unpaired) electrons. The Kier molecular flexibility index (Phi) is 2.98. The first-order chi connectivity index (χ1) is 10.4. The summed E-state index contributed by atoms with van der Waals surface area (Å²) < 4.78 is 0. The van der Waals surface area contributed by atoms with Gasteiger partial charge in [0.15, 0.2) is 0 Å². The fourth-order valence-corrected chi connectivity index (χ4v) is 3.19. The molecule has 3 heteroatoms. The summed E-state index contributed by atoms with van der Waals surface area (Å²) in [4.78, 5) is 1.11. The molecule has 0 saturated carbocycles. The number of thiophene rings is 1. The molecule has 0 amide bonds. The molecule has 2 aromatic carbocycles. The van der Waals surface area contributed by atoms with Crippen molar-refractivity contribution in [1.29, 1.82) is 0 Å². The Hall–Kier alpha value is -2.52. The van der Waals surface area contributed by atoms with Crippen LogP contribution >= 0.6 is 11.3 Å². The normalized spacial score (nSPS) is 12.5. The van der Waals surface area contributed by atoms with Crippen LogP contribution in [0.3, 0.4) is 0 Å². The Bertz CT molecular complexity index is 798. The zero-order valence-corrected chi connectivity index (χ0v) is 12.0. The molecule has 0 spiro atoms. The first-order valence-electron chi connectivity index (χ1n) is 6.77. The van der Waals surface area contributed by atoms with Gasteiger partial charge in [-0.25, -0.2) is 0 Å². The molecule has 2 nitrogen and oxygen atoms in total. The number of benzene rings is 2. The van der Waals surface area contributed by atoms with Crippen LogP contribution in [0.5, 0.6) is 0 Å². The minimum atomic E-state index is 0.953. The van der Waals surface area contributed by atoms with Crippen molar-refractivity contribution < 1.29 is 0 Å². The lowest BCUT2D eigenvalue weighted by Crippen LogP contribution is -1.96. The molecule has 0 N–H and O–H groups in total. The quantitative estimate of drug-likeness (QED) is 0.380. The summed E-state index contributed by atoms with van der Waals surface area (Å²) in [5.74, 6) is 0. The molecule has 1 aliphatic carbocycles. The summed E-state index contributed by atoms with van der Waals surface area (Å²) in [7, 11) is 0. The molecule has 0 atom stereocenters. The van der Waals surface area contributed by atoms with Crippen molar-refractivity contribution >= 4 is 23.3 Å². The molecule has 3 aromatic rings. The highest BCUT2D eigenvalue weighted by Gasteiger charge is 2.23. The van der Waals surface area contributed by atoms with Gasteiger partial charge in [0.1, 0.15) is 5.71 Å². The predicted octanol–water partition coefficient (Wildman–Crippen LogP) is 4.60. The van der Waals surface area contributed by atoms with Crippen LogP contribution in [0, 0.1) is 0 Å². The largest absolute Gasteiger partial charge is 0.157 e. The van der Waals surface area contributed by atoms with Gasteiger partial charge in [-0.1, -0.05) is 54.6 Å². The number of rotatable bonds is 2. The molecule has 21 heavy (non-hydrogen) atoms. The third-order valence-corrected chi connectivity index (χ3v) is 4.35. The molecule has 1 aliphatic rings. The van der Waals surface area contributed by atoms with Gasteiger partial charge in [-0.05, 0) is 22.6 Å². The zero-order chi connectivity index (χ0) is 14.1. The van der Waals surface area contributed by atoms with Crippen LogP contribution in [0.25, 0.3) is 11.1 Å². The van der Waals surface area contributed by atoms with Gasteiger partial charge in [-0.3, -0.25) is 0 Å². The number of nitrogens with zero attached hydrogens (tertiary/aromatic N) is 2. The fraction of sp³-hybridized carbons (Fsp3) is 0. The predicted molar refractivity (Wildman–Crippen MR) is 89.4 cm³/mol. The average Bonchev–Trinajstić information content (AvgIpc) is 3.15. The van der Waals surface area contributed by atoms with Crippen LogP contribution in [-0.2, 0) is 0 Å². The van der Waals surface area contributed by atoms with E-state index in [1.807, 2.05) is 29.6 Å². The molecule has 0 bridgehead atoms. The molecule has 0 fully saturated rings. The molecular weight excluding hydrogens is 276 g/mol. The van der Waals surface area contributed by atoms with Crippen molar-refractivity contribution in [3.63, 3.8) is 0 Å². The first-order valence-corrected chi connectivity index (χ1v) is 7.65. The van der Waals surface area contributed by atoms with Crippen molar-refractivity contribution in [1.82, 2.24) is 0 Å². The van der Waals surface area contributed by atoms with E-state index < -0.39 is 0 Å². The molecule has 1 heterocycles. The highest BCUT2D eigenvalue weighted by Crippen LogP contribution is 2.36.